The van der Waals surface area contributed by atoms with Gasteiger partial charge in [0, 0.05) is 18.5 Å². The molecule has 2 heterocycles. The first-order valence-corrected chi connectivity index (χ1v) is 19.5. The smallest absolute Gasteiger partial charge is 0.408 e. The number of sulfonamides is 1. The van der Waals surface area contributed by atoms with Crippen molar-refractivity contribution in [3.8, 4) is 17.1 Å². The fourth-order valence-electron chi connectivity index (χ4n) is 7.21. The molecule has 0 radical (unpaired) electrons. The van der Waals surface area contributed by atoms with Crippen molar-refractivity contribution in [2.45, 2.75) is 119 Å². The number of alkyl carbamates (subject to hydrolysis) is 1. The molecule has 0 bridgehead atoms. The topological polar surface area (TPSA) is 204 Å². The lowest BCUT2D eigenvalue weighted by Crippen LogP contribution is -2.59. The Morgan fingerprint density at radius 1 is 1.02 bits per heavy atom. The van der Waals surface area contributed by atoms with Gasteiger partial charge in [-0.1, -0.05) is 19.3 Å². The van der Waals surface area contributed by atoms with Crippen LogP contribution in [-0.4, -0.2) is 106 Å². The first-order valence-electron chi connectivity index (χ1n) is 17.9. The van der Waals surface area contributed by atoms with E-state index in [0.29, 0.717) is 37.0 Å². The van der Waals surface area contributed by atoms with Gasteiger partial charge >= 0.3 is 6.09 Å². The maximum absolute atomic E-state index is 14.6. The lowest BCUT2D eigenvalue weighted by molar-refractivity contribution is -0.142. The number of ether oxygens (including phenoxy) is 2. The minimum absolute atomic E-state index is 0.1000. The second-order valence-electron chi connectivity index (χ2n) is 15.4. The normalized spacial score (nSPS) is 25.4. The number of tetrazole rings is 1. The van der Waals surface area contributed by atoms with Crippen LogP contribution in [0, 0.1) is 11.8 Å². The van der Waals surface area contributed by atoms with Crippen LogP contribution in [0.2, 0.25) is 0 Å². The summed E-state index contributed by atoms with van der Waals surface area (Å²) in [6.45, 7) is 4.94. The molecule has 5 atom stereocenters. The number of halogens is 2. The number of carbonyl (C=O) groups excluding carboxylic acids is 4. The fourth-order valence-corrected chi connectivity index (χ4v) is 8.57. The standard InChI is InChI=1S/C34H46F2N8O8S/c1-33(2,3)52-32(48)37-26(19-8-6-5-7-9-19)30(46)43-18-21(44-40-28(39-42-44)20-10-12-22(51-4)13-11-20)16-25(43)29(45)38-34(17-24(34)27(35)36)31(47)41-53(49,50)23-14-15-23/h10-13,19,21,23-27H,5-9,14-18H2,1-4H3,(H,37,48)(H,38,45)(H,41,47)/t21-,24+,25?,26+,34-/m1/s1. The molecule has 4 amide bonds. The quantitative estimate of drug-likeness (QED) is 0.287. The number of rotatable bonds is 12. The van der Waals surface area contributed by atoms with E-state index in [4.69, 9.17) is 9.47 Å². The van der Waals surface area contributed by atoms with Crippen molar-refractivity contribution in [3.05, 3.63) is 24.3 Å². The SMILES string of the molecule is COc1ccc(-c2nnn([C@@H]3CC(C(=O)N[C@]4(C(=O)NS(=O)(=O)C5CC5)C[C@H]4C(F)F)N(C(=O)[C@@H](NC(=O)OC(C)(C)C)C4CCCCC4)C3)n2)cc1. The van der Waals surface area contributed by atoms with Gasteiger partial charge in [-0.25, -0.2) is 22.0 Å². The number of methoxy groups -OCH3 is 1. The lowest BCUT2D eigenvalue weighted by atomic mass is 9.83. The van der Waals surface area contributed by atoms with E-state index in [0.717, 1.165) is 19.3 Å². The molecule has 1 saturated heterocycles. The van der Waals surface area contributed by atoms with Gasteiger partial charge in [-0.05, 0) is 88.3 Å². The third-order valence-electron chi connectivity index (χ3n) is 10.3. The Balaban J connectivity index is 1.30. The minimum Gasteiger partial charge on any atom is -0.497 e. The number of carbonyl (C=O) groups is 4. The Morgan fingerprint density at radius 2 is 1.70 bits per heavy atom. The molecule has 1 aromatic carbocycles. The molecule has 0 spiro atoms. The van der Waals surface area contributed by atoms with E-state index in [9.17, 15) is 36.4 Å². The van der Waals surface area contributed by atoms with E-state index in [1.54, 1.807) is 45.0 Å². The molecule has 16 nitrogen and oxygen atoms in total. The highest BCUT2D eigenvalue weighted by atomic mass is 32.2. The minimum atomic E-state index is -4.12. The Kier molecular flexibility index (Phi) is 10.7. The van der Waals surface area contributed by atoms with Gasteiger partial charge in [0.15, 0.2) is 0 Å². The first kappa shape index (κ1) is 38.3. The molecule has 1 aliphatic heterocycles. The maximum atomic E-state index is 14.6. The van der Waals surface area contributed by atoms with Crippen LogP contribution in [0.25, 0.3) is 11.4 Å². The molecule has 1 aromatic heterocycles. The molecule has 6 rings (SSSR count). The van der Waals surface area contributed by atoms with Crippen LogP contribution in [0.3, 0.4) is 0 Å². The number of aromatic nitrogens is 4. The van der Waals surface area contributed by atoms with E-state index >= 15 is 0 Å². The van der Waals surface area contributed by atoms with E-state index in [1.807, 2.05) is 4.72 Å². The van der Waals surface area contributed by atoms with Gasteiger partial charge in [0.2, 0.25) is 34.1 Å². The van der Waals surface area contributed by atoms with E-state index in [2.05, 4.69) is 26.0 Å². The number of alkyl halides is 2. The van der Waals surface area contributed by atoms with Gasteiger partial charge in [0.25, 0.3) is 5.91 Å². The summed E-state index contributed by atoms with van der Waals surface area (Å²) in [6, 6.07) is 3.77. The molecule has 2 aromatic rings. The monoisotopic (exact) mass is 764 g/mol. The van der Waals surface area contributed by atoms with Crippen molar-refractivity contribution in [1.82, 2.24) is 40.5 Å². The molecule has 53 heavy (non-hydrogen) atoms. The van der Waals surface area contributed by atoms with Gasteiger partial charge in [-0.2, -0.15) is 4.80 Å². The Labute approximate surface area is 306 Å². The van der Waals surface area contributed by atoms with Crippen LogP contribution in [0.1, 0.15) is 84.6 Å². The molecule has 3 saturated carbocycles. The zero-order valence-electron chi connectivity index (χ0n) is 30.1. The summed E-state index contributed by atoms with van der Waals surface area (Å²) in [5.74, 6) is -3.83. The Morgan fingerprint density at radius 3 is 2.28 bits per heavy atom. The average Bonchev–Trinajstić information content (AvgIpc) is 3.99. The summed E-state index contributed by atoms with van der Waals surface area (Å²) in [4.78, 5) is 57.7. The van der Waals surface area contributed by atoms with Crippen molar-refractivity contribution in [3.63, 3.8) is 0 Å². The van der Waals surface area contributed by atoms with Crippen molar-refractivity contribution in [2.75, 3.05) is 13.7 Å². The zero-order valence-corrected chi connectivity index (χ0v) is 30.9. The van der Waals surface area contributed by atoms with Gasteiger partial charge < -0.3 is 25.0 Å². The van der Waals surface area contributed by atoms with Crippen LogP contribution in [0.5, 0.6) is 5.75 Å². The van der Waals surface area contributed by atoms with Crippen molar-refractivity contribution in [1.29, 1.82) is 0 Å². The number of nitrogens with zero attached hydrogens (tertiary/aromatic N) is 5. The van der Waals surface area contributed by atoms with Gasteiger partial charge in [-0.3, -0.25) is 19.1 Å². The number of nitrogens with one attached hydrogen (secondary N) is 3. The highest BCUT2D eigenvalue weighted by molar-refractivity contribution is 7.91. The lowest BCUT2D eigenvalue weighted by Gasteiger charge is -2.35. The molecule has 19 heteroatoms. The fraction of sp³-hybridized carbons (Fsp3) is 0.676. The summed E-state index contributed by atoms with van der Waals surface area (Å²) in [5, 5.41) is 17.2. The predicted octanol–water partition coefficient (Wildman–Crippen LogP) is 2.71. The summed E-state index contributed by atoms with van der Waals surface area (Å²) >= 11 is 0. The molecule has 1 unspecified atom stereocenters. The molecule has 3 aliphatic carbocycles. The molecule has 290 valence electrons. The highest BCUT2D eigenvalue weighted by Crippen LogP contribution is 2.48. The summed E-state index contributed by atoms with van der Waals surface area (Å²) in [6.07, 6.45) is 0.0814. The predicted molar refractivity (Wildman–Crippen MR) is 184 cm³/mol. The average molecular weight is 765 g/mol. The summed E-state index contributed by atoms with van der Waals surface area (Å²) in [7, 11) is -2.59. The summed E-state index contributed by atoms with van der Waals surface area (Å²) in [5.41, 5.74) is -2.44. The third-order valence-corrected chi connectivity index (χ3v) is 12.1. The zero-order chi connectivity index (χ0) is 38.3. The number of benzene rings is 1. The van der Waals surface area contributed by atoms with Crippen LogP contribution in [0.15, 0.2) is 24.3 Å². The molecule has 4 fully saturated rings. The van der Waals surface area contributed by atoms with Crippen molar-refractivity contribution in [2.24, 2.45) is 11.8 Å². The van der Waals surface area contributed by atoms with Gasteiger partial charge in [0.1, 0.15) is 29.0 Å². The van der Waals surface area contributed by atoms with E-state index in [1.165, 1.54) is 16.8 Å². The molecule has 4 aliphatic rings. The maximum Gasteiger partial charge on any atom is 0.408 e. The number of likely N-dealkylation sites (tertiary alicyclic amines) is 1. The van der Waals surface area contributed by atoms with E-state index in [-0.39, 0.29) is 24.7 Å². The van der Waals surface area contributed by atoms with Crippen molar-refractivity contribution < 1.29 is 45.9 Å². The van der Waals surface area contributed by atoms with E-state index < -0.39 is 87.1 Å². The third kappa shape index (κ3) is 8.54. The molecular weight excluding hydrogens is 718 g/mol. The van der Waals surface area contributed by atoms with Crippen LogP contribution in [-0.2, 0) is 29.1 Å². The Hall–Kier alpha value is -4.42. The number of hydrogen-bond acceptors (Lipinski definition) is 11. The van der Waals surface area contributed by atoms with Crippen molar-refractivity contribution >= 4 is 33.8 Å². The number of amides is 4. The number of hydrogen-bond donors (Lipinski definition) is 3. The van der Waals surface area contributed by atoms with Crippen LogP contribution < -0.4 is 20.1 Å². The second kappa shape index (κ2) is 14.8. The van der Waals surface area contributed by atoms with Crippen LogP contribution in [0.4, 0.5) is 13.6 Å². The van der Waals surface area contributed by atoms with Gasteiger partial charge in [0.05, 0.1) is 24.3 Å². The first-order chi connectivity index (χ1) is 25.0. The Bertz CT molecular complexity index is 1810. The van der Waals surface area contributed by atoms with Crippen LogP contribution >= 0.6 is 0 Å². The van der Waals surface area contributed by atoms with Gasteiger partial charge in [-0.15, -0.1) is 10.2 Å². The molecular formula is C34H46F2N8O8S. The summed E-state index contributed by atoms with van der Waals surface area (Å²) < 4.78 is 66.0. The largest absolute Gasteiger partial charge is 0.497 e. The molecule has 3 N–H and O–H groups in total. The highest BCUT2D eigenvalue weighted by Gasteiger charge is 2.66. The second-order valence-corrected chi connectivity index (χ2v) is 17.3.